The van der Waals surface area contributed by atoms with Crippen LogP contribution >= 0.6 is 0 Å². The van der Waals surface area contributed by atoms with Gasteiger partial charge in [-0.25, -0.2) is 12.8 Å². The number of anilines is 1. The van der Waals surface area contributed by atoms with Crippen molar-refractivity contribution in [3.8, 4) is 17.1 Å². The Bertz CT molecular complexity index is 2030. The number of sulfonamides is 1. The van der Waals surface area contributed by atoms with Crippen LogP contribution in [0, 0.1) is 5.82 Å². The molecule has 0 saturated carbocycles. The van der Waals surface area contributed by atoms with Crippen molar-refractivity contribution in [2.45, 2.75) is 25.7 Å². The molecule has 1 atom stereocenters. The molecule has 0 bridgehead atoms. The van der Waals surface area contributed by atoms with Gasteiger partial charge in [0.1, 0.15) is 28.6 Å². The number of para-hydroxylation sites is 1. The number of piperidine rings is 1. The van der Waals surface area contributed by atoms with Crippen LogP contribution in [0.25, 0.3) is 33.2 Å². The molecule has 3 aromatic carbocycles. The lowest BCUT2D eigenvalue weighted by molar-refractivity contribution is 0.0702. The molecular weight excluding hydrogens is 599 g/mol. The number of aromatic amines is 1. The summed E-state index contributed by atoms with van der Waals surface area (Å²) in [7, 11) is -0.608. The van der Waals surface area contributed by atoms with Crippen LogP contribution < -0.4 is 14.8 Å². The normalized spacial score (nSPS) is 15.4. The number of furan rings is 1. The number of ether oxygens (including phenoxy) is 1. The van der Waals surface area contributed by atoms with Crippen LogP contribution in [0.5, 0.6) is 5.75 Å². The van der Waals surface area contributed by atoms with E-state index in [9.17, 15) is 22.4 Å². The van der Waals surface area contributed by atoms with E-state index < -0.39 is 21.7 Å². The van der Waals surface area contributed by atoms with E-state index in [0.29, 0.717) is 65.2 Å². The van der Waals surface area contributed by atoms with Gasteiger partial charge in [-0.15, -0.1) is 0 Å². The van der Waals surface area contributed by atoms with Crippen molar-refractivity contribution >= 4 is 49.4 Å². The smallest absolute Gasteiger partial charge is 0.270 e. The minimum atomic E-state index is -3.69. The van der Waals surface area contributed by atoms with Gasteiger partial charge in [0.05, 0.1) is 29.6 Å². The molecule has 3 N–H and O–H groups in total. The van der Waals surface area contributed by atoms with Crippen molar-refractivity contribution in [1.29, 1.82) is 0 Å². The second kappa shape index (κ2) is 11.9. The summed E-state index contributed by atoms with van der Waals surface area (Å²) in [5.41, 5.74) is 3.17. The number of carbonyl (C=O) groups is 2. The van der Waals surface area contributed by atoms with E-state index in [4.69, 9.17) is 9.15 Å². The first-order valence-corrected chi connectivity index (χ1v) is 16.3. The van der Waals surface area contributed by atoms with Gasteiger partial charge in [-0.2, -0.15) is 0 Å². The van der Waals surface area contributed by atoms with E-state index in [0.717, 1.165) is 10.9 Å². The fourth-order valence-corrected chi connectivity index (χ4v) is 6.64. The first-order chi connectivity index (χ1) is 21.6. The van der Waals surface area contributed by atoms with Crippen LogP contribution in [0.3, 0.4) is 0 Å². The molecule has 45 heavy (non-hydrogen) atoms. The molecule has 0 radical (unpaired) electrons. The Labute approximate surface area is 259 Å². The first kappa shape index (κ1) is 30.2. The van der Waals surface area contributed by atoms with Gasteiger partial charge in [-0.05, 0) is 67.8 Å². The van der Waals surface area contributed by atoms with Gasteiger partial charge in [0.25, 0.3) is 11.8 Å². The Kier molecular flexibility index (Phi) is 8.00. The summed E-state index contributed by atoms with van der Waals surface area (Å²) in [6.07, 6.45) is 1.38. The number of nitrogens with zero attached hydrogens (tertiary/aromatic N) is 1. The van der Waals surface area contributed by atoms with Crippen molar-refractivity contribution in [3.05, 3.63) is 83.3 Å². The minimum absolute atomic E-state index is 0.147. The summed E-state index contributed by atoms with van der Waals surface area (Å²) in [5, 5.41) is 3.99. The number of methoxy groups -OCH3 is 1. The Morgan fingerprint density at radius 3 is 2.62 bits per heavy atom. The third kappa shape index (κ3) is 5.73. The number of hydrogen-bond donors (Lipinski definition) is 3. The fourth-order valence-electron chi connectivity index (χ4n) is 5.98. The number of H-pyrrole nitrogens is 1. The highest BCUT2D eigenvalue weighted by atomic mass is 32.2. The topological polar surface area (TPSA) is 134 Å². The van der Waals surface area contributed by atoms with E-state index in [1.165, 1.54) is 31.3 Å². The summed E-state index contributed by atoms with van der Waals surface area (Å²) in [4.78, 5) is 31.9. The number of halogens is 1. The lowest BCUT2D eigenvalue weighted by Gasteiger charge is -2.33. The van der Waals surface area contributed by atoms with Crippen molar-refractivity contribution in [2.75, 3.05) is 37.7 Å². The molecular formula is C33H33FN4O6S. The van der Waals surface area contributed by atoms with Gasteiger partial charge in [0.15, 0.2) is 0 Å². The zero-order valence-corrected chi connectivity index (χ0v) is 25.9. The van der Waals surface area contributed by atoms with Crippen LogP contribution in [0.1, 0.15) is 52.1 Å². The predicted octanol–water partition coefficient (Wildman–Crippen LogP) is 5.87. The van der Waals surface area contributed by atoms with Crippen LogP contribution in [-0.4, -0.2) is 63.1 Å². The number of benzene rings is 3. The van der Waals surface area contributed by atoms with Crippen LogP contribution in [0.15, 0.2) is 65.1 Å². The Morgan fingerprint density at radius 2 is 1.91 bits per heavy atom. The quantitative estimate of drug-likeness (QED) is 0.196. The average molecular weight is 633 g/mol. The number of amides is 2. The van der Waals surface area contributed by atoms with E-state index >= 15 is 0 Å². The highest BCUT2D eigenvalue weighted by Gasteiger charge is 2.31. The molecule has 234 valence electrons. The number of nitrogens with one attached hydrogen (secondary N) is 3. The molecule has 0 spiro atoms. The summed E-state index contributed by atoms with van der Waals surface area (Å²) in [6, 6.07) is 16.3. The molecule has 1 fully saturated rings. The Hall–Kier alpha value is -4.84. The Morgan fingerprint density at radius 1 is 1.13 bits per heavy atom. The Balaban J connectivity index is 1.43. The molecule has 1 aliphatic rings. The van der Waals surface area contributed by atoms with Crippen LogP contribution in [-0.2, 0) is 10.0 Å². The third-order valence-corrected chi connectivity index (χ3v) is 9.57. The minimum Gasteiger partial charge on any atom is -0.495 e. The second-order valence-corrected chi connectivity index (χ2v) is 13.0. The zero-order chi connectivity index (χ0) is 31.9. The lowest BCUT2D eigenvalue weighted by atomic mass is 9.88. The van der Waals surface area contributed by atoms with E-state index in [2.05, 4.69) is 15.0 Å². The molecule has 6 rings (SSSR count). The monoisotopic (exact) mass is 632 g/mol. The molecule has 1 saturated heterocycles. The van der Waals surface area contributed by atoms with Crippen molar-refractivity contribution in [2.24, 2.45) is 0 Å². The molecule has 10 nitrogen and oxygen atoms in total. The standard InChI is InChI=1S/C33H33FN4O6S/c1-4-45(41,42)37-25-17-28-24(29(32(39)35-2)31(44-28)19-10-12-22(34)13-11-19)16-23(25)21-8-6-14-38(18-21)33(40)26-15-20-7-5-9-27(43-3)30(20)36-26/h5,7,9-13,15-17,21,36-37H,4,6,8,14,18H2,1-3H3,(H,35,39). The van der Waals surface area contributed by atoms with E-state index in [1.807, 2.05) is 18.2 Å². The largest absolute Gasteiger partial charge is 0.495 e. The molecule has 1 aliphatic heterocycles. The first-order valence-electron chi connectivity index (χ1n) is 14.7. The summed E-state index contributed by atoms with van der Waals surface area (Å²) < 4.78 is 53.6. The molecule has 1 unspecified atom stereocenters. The van der Waals surface area contributed by atoms with Gasteiger partial charge in [0, 0.05) is 48.5 Å². The lowest BCUT2D eigenvalue weighted by Crippen LogP contribution is -2.39. The summed E-state index contributed by atoms with van der Waals surface area (Å²) in [5.74, 6) is -0.540. The van der Waals surface area contributed by atoms with E-state index in [1.54, 1.807) is 37.1 Å². The maximum atomic E-state index is 13.7. The van der Waals surface area contributed by atoms with Crippen LogP contribution in [0.2, 0.25) is 0 Å². The second-order valence-electron chi connectivity index (χ2n) is 11.0. The maximum Gasteiger partial charge on any atom is 0.270 e. The zero-order valence-electron chi connectivity index (χ0n) is 25.1. The summed E-state index contributed by atoms with van der Waals surface area (Å²) >= 11 is 0. The van der Waals surface area contributed by atoms with Crippen molar-refractivity contribution in [1.82, 2.24) is 15.2 Å². The predicted molar refractivity (Wildman–Crippen MR) is 171 cm³/mol. The average Bonchev–Trinajstić information content (AvgIpc) is 3.65. The fraction of sp³-hybridized carbons (Fsp3) is 0.273. The van der Waals surface area contributed by atoms with Gasteiger partial charge >= 0.3 is 0 Å². The van der Waals surface area contributed by atoms with E-state index in [-0.39, 0.29) is 28.9 Å². The molecule has 2 aromatic heterocycles. The molecule has 5 aromatic rings. The van der Waals surface area contributed by atoms with Gasteiger partial charge in [-0.1, -0.05) is 12.1 Å². The highest BCUT2D eigenvalue weighted by Crippen LogP contribution is 2.41. The SMILES string of the molecule is CCS(=O)(=O)Nc1cc2oc(-c3ccc(F)cc3)c(C(=O)NC)c2cc1C1CCCN(C(=O)c2cc3cccc(OC)c3[nH]2)C1. The molecule has 0 aliphatic carbocycles. The number of rotatable bonds is 8. The summed E-state index contributed by atoms with van der Waals surface area (Å²) in [6.45, 7) is 2.40. The van der Waals surface area contributed by atoms with Crippen molar-refractivity contribution in [3.63, 3.8) is 0 Å². The number of hydrogen-bond acceptors (Lipinski definition) is 6. The third-order valence-electron chi connectivity index (χ3n) is 8.28. The number of likely N-dealkylation sites (tertiary alicyclic amines) is 1. The highest BCUT2D eigenvalue weighted by molar-refractivity contribution is 7.92. The van der Waals surface area contributed by atoms with Gasteiger partial charge in [-0.3, -0.25) is 14.3 Å². The van der Waals surface area contributed by atoms with Crippen molar-refractivity contribution < 1.29 is 31.6 Å². The van der Waals surface area contributed by atoms with Gasteiger partial charge in [0.2, 0.25) is 10.0 Å². The van der Waals surface area contributed by atoms with Crippen LogP contribution in [0.4, 0.5) is 10.1 Å². The number of carbonyl (C=O) groups excluding carboxylic acids is 2. The van der Waals surface area contributed by atoms with Gasteiger partial charge < -0.3 is 24.4 Å². The molecule has 12 heteroatoms. The molecule has 3 heterocycles. The molecule has 2 amide bonds. The maximum absolute atomic E-state index is 13.7. The number of aromatic nitrogens is 1. The number of fused-ring (bicyclic) bond motifs is 2.